The van der Waals surface area contributed by atoms with Crippen molar-refractivity contribution in [2.45, 2.75) is 31.3 Å². The van der Waals surface area contributed by atoms with Gasteiger partial charge in [-0.15, -0.1) is 0 Å². The number of aromatic nitrogens is 1. The maximum atomic E-state index is 12.9. The van der Waals surface area contributed by atoms with Crippen molar-refractivity contribution in [1.29, 1.82) is 0 Å². The Labute approximate surface area is 174 Å². The van der Waals surface area contributed by atoms with Gasteiger partial charge in [0.25, 0.3) is 0 Å². The Morgan fingerprint density at radius 2 is 1.97 bits per heavy atom. The van der Waals surface area contributed by atoms with Crippen molar-refractivity contribution in [3.05, 3.63) is 59.4 Å². The summed E-state index contributed by atoms with van der Waals surface area (Å²) < 4.78 is 0. The van der Waals surface area contributed by atoms with Crippen LogP contribution in [-0.2, 0) is 9.59 Å². The van der Waals surface area contributed by atoms with Crippen molar-refractivity contribution in [2.24, 2.45) is 5.92 Å². The standard InChI is InChI=1S/C21H24ClN5O2/c22-16-4-1-5-17(11-16)24-20(28)14-6-9-27(10-7-14)21(29)19-12-18(25-26-19)15-3-2-8-23-13-15/h1-5,8,11,13-14,18-19,25-26H,6-7,9-10,12H2,(H,24,28). The van der Waals surface area contributed by atoms with Crippen LogP contribution >= 0.6 is 11.6 Å². The predicted molar refractivity (Wildman–Crippen MR) is 111 cm³/mol. The third-order valence-corrected chi connectivity index (χ3v) is 5.79. The lowest BCUT2D eigenvalue weighted by Crippen LogP contribution is -2.49. The number of rotatable bonds is 4. The maximum absolute atomic E-state index is 12.9. The van der Waals surface area contributed by atoms with Crippen LogP contribution in [0.4, 0.5) is 5.69 Å². The zero-order chi connectivity index (χ0) is 20.2. The first kappa shape index (κ1) is 19.8. The first-order chi connectivity index (χ1) is 14.1. The molecule has 0 radical (unpaired) electrons. The summed E-state index contributed by atoms with van der Waals surface area (Å²) in [4.78, 5) is 31.4. The normalized spacial score (nSPS) is 22.4. The molecule has 2 aliphatic rings. The number of carbonyl (C=O) groups is 2. The second-order valence-electron chi connectivity index (χ2n) is 7.52. The molecule has 29 heavy (non-hydrogen) atoms. The molecular formula is C21H24ClN5O2. The quantitative estimate of drug-likeness (QED) is 0.717. The first-order valence-corrected chi connectivity index (χ1v) is 10.2. The fourth-order valence-corrected chi connectivity index (χ4v) is 4.10. The minimum Gasteiger partial charge on any atom is -0.341 e. The molecule has 8 heteroatoms. The molecule has 2 fully saturated rings. The van der Waals surface area contributed by atoms with E-state index in [1.54, 1.807) is 24.4 Å². The van der Waals surface area contributed by atoms with E-state index in [1.165, 1.54) is 0 Å². The molecule has 2 saturated heterocycles. The highest BCUT2D eigenvalue weighted by Crippen LogP contribution is 2.25. The van der Waals surface area contributed by atoms with Crippen LogP contribution in [0.2, 0.25) is 5.02 Å². The summed E-state index contributed by atoms with van der Waals surface area (Å²) in [6.07, 6.45) is 5.55. The Morgan fingerprint density at radius 1 is 1.14 bits per heavy atom. The van der Waals surface area contributed by atoms with Gasteiger partial charge in [-0.2, -0.15) is 0 Å². The van der Waals surface area contributed by atoms with E-state index >= 15 is 0 Å². The minimum absolute atomic E-state index is 0.0170. The second kappa shape index (κ2) is 8.90. The van der Waals surface area contributed by atoms with Gasteiger partial charge in [0.05, 0.1) is 0 Å². The molecule has 3 heterocycles. The number of halogens is 1. The zero-order valence-corrected chi connectivity index (χ0v) is 16.7. The third kappa shape index (κ3) is 4.75. The molecule has 2 unspecified atom stereocenters. The molecule has 0 aliphatic carbocycles. The smallest absolute Gasteiger partial charge is 0.241 e. The highest BCUT2D eigenvalue weighted by molar-refractivity contribution is 6.30. The van der Waals surface area contributed by atoms with Crippen LogP contribution in [0.1, 0.15) is 30.9 Å². The minimum atomic E-state index is -0.267. The number of carbonyl (C=O) groups excluding carboxylic acids is 2. The number of pyridine rings is 1. The summed E-state index contributed by atoms with van der Waals surface area (Å²) >= 11 is 5.97. The van der Waals surface area contributed by atoms with Crippen molar-refractivity contribution in [2.75, 3.05) is 18.4 Å². The Kier molecular flexibility index (Phi) is 6.08. The van der Waals surface area contributed by atoms with Crippen molar-refractivity contribution < 1.29 is 9.59 Å². The molecule has 3 N–H and O–H groups in total. The Hall–Kier alpha value is -2.48. The number of nitrogens with one attached hydrogen (secondary N) is 3. The second-order valence-corrected chi connectivity index (χ2v) is 7.95. The van der Waals surface area contributed by atoms with Crippen molar-refractivity contribution in [1.82, 2.24) is 20.7 Å². The number of likely N-dealkylation sites (tertiary alicyclic amines) is 1. The molecule has 2 aliphatic heterocycles. The molecule has 2 aromatic rings. The topological polar surface area (TPSA) is 86.4 Å². The van der Waals surface area contributed by atoms with E-state index in [9.17, 15) is 9.59 Å². The Morgan fingerprint density at radius 3 is 2.69 bits per heavy atom. The van der Waals surface area contributed by atoms with Crippen LogP contribution in [0.25, 0.3) is 0 Å². The fourth-order valence-electron chi connectivity index (χ4n) is 3.91. The van der Waals surface area contributed by atoms with Crippen molar-refractivity contribution in [3.8, 4) is 0 Å². The summed E-state index contributed by atoms with van der Waals surface area (Å²) in [5.74, 6) is -0.0370. The van der Waals surface area contributed by atoms with Crippen LogP contribution in [0.5, 0.6) is 0 Å². The Balaban J connectivity index is 1.27. The van der Waals surface area contributed by atoms with Gasteiger partial charge in [-0.3, -0.25) is 14.6 Å². The molecule has 0 bridgehead atoms. The fraction of sp³-hybridized carbons (Fsp3) is 0.381. The molecule has 1 aromatic heterocycles. The van der Waals surface area contributed by atoms with Gasteiger partial charge in [0.15, 0.2) is 0 Å². The van der Waals surface area contributed by atoms with Crippen molar-refractivity contribution >= 4 is 29.1 Å². The summed E-state index contributed by atoms with van der Waals surface area (Å²) in [6.45, 7) is 1.17. The number of nitrogens with zero attached hydrogens (tertiary/aromatic N) is 2. The summed E-state index contributed by atoms with van der Waals surface area (Å²) in [5, 5.41) is 3.51. The van der Waals surface area contributed by atoms with Gasteiger partial charge in [-0.1, -0.05) is 23.7 Å². The number of hydrogen-bond donors (Lipinski definition) is 3. The molecule has 152 valence electrons. The van der Waals surface area contributed by atoms with Gasteiger partial charge < -0.3 is 10.2 Å². The van der Waals surface area contributed by atoms with E-state index < -0.39 is 0 Å². The molecule has 4 rings (SSSR count). The van der Waals surface area contributed by atoms with Crippen molar-refractivity contribution in [3.63, 3.8) is 0 Å². The lowest BCUT2D eigenvalue weighted by Gasteiger charge is -2.32. The average molecular weight is 414 g/mol. The van der Waals surface area contributed by atoms with Crippen LogP contribution in [-0.4, -0.2) is 40.8 Å². The number of amides is 2. The maximum Gasteiger partial charge on any atom is 0.241 e. The lowest BCUT2D eigenvalue weighted by molar-refractivity contribution is -0.136. The van der Waals surface area contributed by atoms with E-state index in [-0.39, 0.29) is 29.8 Å². The summed E-state index contributed by atoms with van der Waals surface area (Å²) in [6, 6.07) is 10.8. The summed E-state index contributed by atoms with van der Waals surface area (Å²) in [7, 11) is 0. The van der Waals surface area contributed by atoms with Gasteiger partial charge >= 0.3 is 0 Å². The predicted octanol–water partition coefficient (Wildman–Crippen LogP) is 2.52. The third-order valence-electron chi connectivity index (χ3n) is 5.56. The SMILES string of the molecule is O=C(Nc1cccc(Cl)c1)C1CCN(C(=O)C2CC(c3cccnc3)NN2)CC1. The van der Waals surface area contributed by atoms with Crippen LogP contribution in [0, 0.1) is 5.92 Å². The molecule has 2 amide bonds. The monoisotopic (exact) mass is 413 g/mol. The first-order valence-electron chi connectivity index (χ1n) is 9.86. The molecule has 2 atom stereocenters. The van der Waals surface area contributed by atoms with Gasteiger partial charge in [0.1, 0.15) is 6.04 Å². The van der Waals surface area contributed by atoms with E-state index in [2.05, 4.69) is 21.2 Å². The van der Waals surface area contributed by atoms with Gasteiger partial charge in [0, 0.05) is 48.2 Å². The molecular weight excluding hydrogens is 390 g/mol. The van der Waals surface area contributed by atoms with E-state index in [0.29, 0.717) is 43.1 Å². The lowest BCUT2D eigenvalue weighted by atomic mass is 9.94. The average Bonchev–Trinajstić information content (AvgIpc) is 3.24. The van der Waals surface area contributed by atoms with E-state index in [4.69, 9.17) is 11.6 Å². The van der Waals surface area contributed by atoms with Gasteiger partial charge in [-0.05, 0) is 49.1 Å². The molecule has 1 aromatic carbocycles. The zero-order valence-electron chi connectivity index (χ0n) is 16.0. The summed E-state index contributed by atoms with van der Waals surface area (Å²) in [5.41, 5.74) is 8.06. The highest BCUT2D eigenvalue weighted by Gasteiger charge is 2.35. The molecule has 7 nitrogen and oxygen atoms in total. The highest BCUT2D eigenvalue weighted by atomic mass is 35.5. The number of piperidine rings is 1. The van der Waals surface area contributed by atoms with Gasteiger partial charge in [0.2, 0.25) is 11.8 Å². The number of hydrazine groups is 1. The van der Waals surface area contributed by atoms with Crippen LogP contribution in [0.15, 0.2) is 48.8 Å². The van der Waals surface area contributed by atoms with Crippen LogP contribution < -0.4 is 16.2 Å². The Bertz CT molecular complexity index is 870. The van der Waals surface area contributed by atoms with Gasteiger partial charge in [-0.25, -0.2) is 10.9 Å². The largest absolute Gasteiger partial charge is 0.341 e. The number of benzene rings is 1. The van der Waals surface area contributed by atoms with Crippen LogP contribution in [0.3, 0.4) is 0 Å². The molecule has 0 saturated carbocycles. The molecule has 0 spiro atoms. The van der Waals surface area contributed by atoms with E-state index in [1.807, 2.05) is 29.3 Å². The number of anilines is 1. The van der Waals surface area contributed by atoms with E-state index in [0.717, 1.165) is 5.56 Å². The number of hydrogen-bond acceptors (Lipinski definition) is 5.